The summed E-state index contributed by atoms with van der Waals surface area (Å²) in [5.74, 6) is -0.510. The van der Waals surface area contributed by atoms with E-state index in [0.29, 0.717) is 12.1 Å². The van der Waals surface area contributed by atoms with Crippen molar-refractivity contribution in [1.82, 2.24) is 10.6 Å². The summed E-state index contributed by atoms with van der Waals surface area (Å²) in [6.45, 7) is 12.1. The Kier molecular flexibility index (Phi) is 9.54. The SMILES string of the molecule is C=C(NC(C)(C)C)[C@@H](CC(N)=O)NC(=O)CCCCCCC. The molecule has 0 aliphatic heterocycles. The van der Waals surface area contributed by atoms with Crippen LogP contribution < -0.4 is 16.4 Å². The van der Waals surface area contributed by atoms with Gasteiger partial charge in [0.05, 0.1) is 12.5 Å². The molecule has 0 bridgehead atoms. The summed E-state index contributed by atoms with van der Waals surface area (Å²) < 4.78 is 0. The van der Waals surface area contributed by atoms with Crippen molar-refractivity contribution in [3.8, 4) is 0 Å². The first-order valence-corrected chi connectivity index (χ1v) is 8.20. The molecule has 0 heterocycles. The van der Waals surface area contributed by atoms with Crippen LogP contribution in [0.25, 0.3) is 0 Å². The van der Waals surface area contributed by atoms with Gasteiger partial charge in [-0.15, -0.1) is 0 Å². The van der Waals surface area contributed by atoms with Gasteiger partial charge < -0.3 is 16.4 Å². The molecule has 0 unspecified atom stereocenters. The van der Waals surface area contributed by atoms with Gasteiger partial charge in [-0.2, -0.15) is 0 Å². The summed E-state index contributed by atoms with van der Waals surface area (Å²) in [5, 5.41) is 6.06. The average Bonchev–Trinajstić information content (AvgIpc) is 2.35. The van der Waals surface area contributed by atoms with E-state index in [9.17, 15) is 9.59 Å². The highest BCUT2D eigenvalue weighted by molar-refractivity contribution is 5.79. The first-order valence-electron chi connectivity index (χ1n) is 8.20. The Morgan fingerprint density at radius 2 is 1.73 bits per heavy atom. The molecular weight excluding hydrogens is 278 g/mol. The van der Waals surface area contributed by atoms with Gasteiger partial charge in [-0.1, -0.05) is 39.2 Å². The van der Waals surface area contributed by atoms with Crippen molar-refractivity contribution in [3.63, 3.8) is 0 Å². The number of carbonyl (C=O) groups excluding carboxylic acids is 2. The number of rotatable bonds is 11. The molecule has 0 aliphatic rings. The first kappa shape index (κ1) is 20.5. The van der Waals surface area contributed by atoms with Crippen molar-refractivity contribution in [1.29, 1.82) is 0 Å². The minimum absolute atomic E-state index is 0.0559. The van der Waals surface area contributed by atoms with Gasteiger partial charge in [0.2, 0.25) is 11.8 Å². The molecule has 0 aromatic carbocycles. The van der Waals surface area contributed by atoms with Crippen LogP contribution >= 0.6 is 0 Å². The molecule has 1 atom stereocenters. The molecule has 0 aliphatic carbocycles. The van der Waals surface area contributed by atoms with E-state index in [1.807, 2.05) is 20.8 Å². The Bertz CT molecular complexity index is 373. The quantitative estimate of drug-likeness (QED) is 0.513. The molecule has 0 saturated carbocycles. The zero-order valence-electron chi connectivity index (χ0n) is 14.6. The summed E-state index contributed by atoms with van der Waals surface area (Å²) in [7, 11) is 0. The smallest absolute Gasteiger partial charge is 0.220 e. The normalized spacial score (nSPS) is 12.5. The van der Waals surface area contributed by atoms with Crippen LogP contribution in [0.2, 0.25) is 0 Å². The highest BCUT2D eigenvalue weighted by Gasteiger charge is 2.21. The Labute approximate surface area is 135 Å². The van der Waals surface area contributed by atoms with E-state index in [1.165, 1.54) is 12.8 Å². The number of primary amides is 1. The van der Waals surface area contributed by atoms with Crippen molar-refractivity contribution in [2.24, 2.45) is 5.73 Å². The van der Waals surface area contributed by atoms with Crippen LogP contribution in [0, 0.1) is 0 Å². The summed E-state index contributed by atoms with van der Waals surface area (Å²) in [6, 6.07) is -0.458. The minimum Gasteiger partial charge on any atom is -0.383 e. The molecule has 5 nitrogen and oxygen atoms in total. The maximum atomic E-state index is 12.0. The molecule has 22 heavy (non-hydrogen) atoms. The van der Waals surface area contributed by atoms with Crippen molar-refractivity contribution in [2.75, 3.05) is 0 Å². The zero-order chi connectivity index (χ0) is 17.2. The number of nitrogens with one attached hydrogen (secondary N) is 2. The number of unbranched alkanes of at least 4 members (excludes halogenated alkanes) is 4. The van der Waals surface area contributed by atoms with Crippen molar-refractivity contribution in [2.45, 2.75) is 84.2 Å². The number of amides is 2. The average molecular weight is 311 g/mol. The molecule has 0 spiro atoms. The molecule has 0 radical (unpaired) electrons. The van der Waals surface area contributed by atoms with Gasteiger partial charge >= 0.3 is 0 Å². The largest absolute Gasteiger partial charge is 0.383 e. The van der Waals surface area contributed by atoms with Crippen LogP contribution in [-0.2, 0) is 9.59 Å². The second-order valence-corrected chi connectivity index (χ2v) is 6.85. The fourth-order valence-electron chi connectivity index (χ4n) is 2.19. The third-order valence-electron chi connectivity index (χ3n) is 3.20. The third-order valence-corrected chi connectivity index (χ3v) is 3.20. The molecule has 0 rings (SSSR count). The number of carbonyl (C=O) groups is 2. The van der Waals surface area contributed by atoms with Crippen molar-refractivity contribution in [3.05, 3.63) is 12.3 Å². The fourth-order valence-corrected chi connectivity index (χ4v) is 2.19. The van der Waals surface area contributed by atoms with Crippen LogP contribution in [0.3, 0.4) is 0 Å². The number of hydrogen-bond donors (Lipinski definition) is 3. The molecule has 0 fully saturated rings. The Balaban J connectivity index is 4.36. The van der Waals surface area contributed by atoms with Gasteiger partial charge in [-0.3, -0.25) is 9.59 Å². The highest BCUT2D eigenvalue weighted by atomic mass is 16.2. The standard InChI is InChI=1S/C17H33N3O2/c1-6-7-8-9-10-11-16(22)19-14(12-15(18)21)13(2)20-17(3,4)5/h14,20H,2,6-12H2,1,3-5H3,(H2,18,21)(H,19,22)/t14-/m1/s1. The van der Waals surface area contributed by atoms with Gasteiger partial charge in [-0.25, -0.2) is 0 Å². The fraction of sp³-hybridized carbons (Fsp3) is 0.765. The van der Waals surface area contributed by atoms with E-state index in [-0.39, 0.29) is 17.9 Å². The van der Waals surface area contributed by atoms with E-state index < -0.39 is 11.9 Å². The second kappa shape index (κ2) is 10.2. The second-order valence-electron chi connectivity index (χ2n) is 6.85. The van der Waals surface area contributed by atoms with Gasteiger partial charge in [0.15, 0.2) is 0 Å². The maximum Gasteiger partial charge on any atom is 0.220 e. The molecule has 0 saturated heterocycles. The Hall–Kier alpha value is -1.52. The molecular formula is C17H33N3O2. The van der Waals surface area contributed by atoms with Crippen molar-refractivity contribution < 1.29 is 9.59 Å². The maximum absolute atomic E-state index is 12.0. The molecule has 128 valence electrons. The van der Waals surface area contributed by atoms with E-state index in [2.05, 4.69) is 24.1 Å². The summed E-state index contributed by atoms with van der Waals surface area (Å²) in [4.78, 5) is 23.2. The molecule has 5 heteroatoms. The summed E-state index contributed by atoms with van der Waals surface area (Å²) in [6.07, 6.45) is 6.01. The number of hydrogen-bond acceptors (Lipinski definition) is 3. The lowest BCUT2D eigenvalue weighted by Crippen LogP contribution is -2.46. The van der Waals surface area contributed by atoms with Crippen molar-refractivity contribution >= 4 is 11.8 Å². The van der Waals surface area contributed by atoms with Gasteiger partial charge in [0.25, 0.3) is 0 Å². The molecule has 0 aromatic rings. The Morgan fingerprint density at radius 1 is 1.14 bits per heavy atom. The van der Waals surface area contributed by atoms with Gasteiger partial charge in [0, 0.05) is 17.7 Å². The highest BCUT2D eigenvalue weighted by Crippen LogP contribution is 2.10. The predicted molar refractivity (Wildman–Crippen MR) is 91.1 cm³/mol. The minimum atomic E-state index is -0.458. The molecule has 0 aromatic heterocycles. The molecule has 4 N–H and O–H groups in total. The van der Waals surface area contributed by atoms with Crippen LogP contribution in [0.4, 0.5) is 0 Å². The van der Waals surface area contributed by atoms with E-state index in [1.54, 1.807) is 0 Å². The van der Waals surface area contributed by atoms with Crippen LogP contribution in [0.1, 0.15) is 72.6 Å². The summed E-state index contributed by atoms with van der Waals surface area (Å²) in [5.41, 5.74) is 5.70. The lowest BCUT2D eigenvalue weighted by atomic mass is 10.0. The van der Waals surface area contributed by atoms with E-state index >= 15 is 0 Å². The van der Waals surface area contributed by atoms with Crippen LogP contribution in [0.5, 0.6) is 0 Å². The number of nitrogens with two attached hydrogens (primary N) is 1. The predicted octanol–water partition coefficient (Wildman–Crippen LogP) is 2.61. The molecule has 2 amide bonds. The third kappa shape index (κ3) is 11.2. The monoisotopic (exact) mass is 311 g/mol. The van der Waals surface area contributed by atoms with E-state index in [0.717, 1.165) is 19.3 Å². The van der Waals surface area contributed by atoms with E-state index in [4.69, 9.17) is 5.73 Å². The zero-order valence-corrected chi connectivity index (χ0v) is 14.6. The van der Waals surface area contributed by atoms with Crippen LogP contribution in [-0.4, -0.2) is 23.4 Å². The Morgan fingerprint density at radius 3 is 2.23 bits per heavy atom. The lowest BCUT2D eigenvalue weighted by molar-refractivity contribution is -0.122. The van der Waals surface area contributed by atoms with Gasteiger partial charge in [0.1, 0.15) is 0 Å². The van der Waals surface area contributed by atoms with Crippen LogP contribution in [0.15, 0.2) is 12.3 Å². The first-order chi connectivity index (χ1) is 10.2. The summed E-state index contributed by atoms with van der Waals surface area (Å²) >= 11 is 0. The van der Waals surface area contributed by atoms with Gasteiger partial charge in [-0.05, 0) is 27.2 Å². The lowest BCUT2D eigenvalue weighted by Gasteiger charge is -2.29. The topological polar surface area (TPSA) is 84.2 Å².